The van der Waals surface area contributed by atoms with Gasteiger partial charge >= 0.3 is 0 Å². The predicted octanol–water partition coefficient (Wildman–Crippen LogP) is 2.97. The quantitative estimate of drug-likeness (QED) is 0.408. The van der Waals surface area contributed by atoms with E-state index in [-0.39, 0.29) is 0 Å². The summed E-state index contributed by atoms with van der Waals surface area (Å²) in [6.45, 7) is 11.7. The molecular weight excluding hydrogens is 324 g/mol. The highest BCUT2D eigenvalue weighted by molar-refractivity contribution is 5.80. The van der Waals surface area contributed by atoms with Gasteiger partial charge in [-0.3, -0.25) is 9.89 Å². The van der Waals surface area contributed by atoms with Crippen molar-refractivity contribution in [2.75, 3.05) is 59.0 Å². The first-order chi connectivity index (χ1) is 12.8. The first kappa shape index (κ1) is 19.9. The van der Waals surface area contributed by atoms with E-state index in [2.05, 4.69) is 22.0 Å². The summed E-state index contributed by atoms with van der Waals surface area (Å²) in [6.07, 6.45) is 11.2. The third kappa shape index (κ3) is 6.41. The normalized spacial score (nSPS) is 26.0. The van der Waals surface area contributed by atoms with Crippen molar-refractivity contribution in [3.05, 3.63) is 0 Å². The molecule has 3 fully saturated rings. The Morgan fingerprint density at radius 2 is 1.85 bits per heavy atom. The fraction of sp³-hybridized carbons (Fsp3) is 0.952. The van der Waals surface area contributed by atoms with Crippen LogP contribution in [0.15, 0.2) is 4.99 Å². The lowest BCUT2D eigenvalue weighted by Gasteiger charge is -2.29. The zero-order valence-corrected chi connectivity index (χ0v) is 16.9. The van der Waals surface area contributed by atoms with Crippen molar-refractivity contribution in [2.24, 2.45) is 16.8 Å². The molecule has 0 spiro atoms. The van der Waals surface area contributed by atoms with Gasteiger partial charge in [-0.1, -0.05) is 38.5 Å². The van der Waals surface area contributed by atoms with E-state index in [1.807, 2.05) is 0 Å². The molecule has 26 heavy (non-hydrogen) atoms. The van der Waals surface area contributed by atoms with Gasteiger partial charge in [-0.05, 0) is 31.6 Å². The van der Waals surface area contributed by atoms with Crippen LogP contribution >= 0.6 is 0 Å². The number of unbranched alkanes of at least 4 members (excludes halogenated alkanes) is 1. The maximum Gasteiger partial charge on any atom is 0.193 e. The molecule has 3 aliphatic rings. The molecule has 0 bridgehead atoms. The van der Waals surface area contributed by atoms with Crippen LogP contribution in [0.4, 0.5) is 0 Å². The first-order valence-corrected chi connectivity index (χ1v) is 11.2. The molecule has 0 amide bonds. The van der Waals surface area contributed by atoms with Crippen molar-refractivity contribution in [1.29, 1.82) is 0 Å². The van der Waals surface area contributed by atoms with Gasteiger partial charge < -0.3 is 15.0 Å². The van der Waals surface area contributed by atoms with Crippen molar-refractivity contribution in [2.45, 2.75) is 58.3 Å². The second kappa shape index (κ2) is 11.1. The third-order valence-electron chi connectivity index (χ3n) is 6.30. The number of hydrogen-bond acceptors (Lipinski definition) is 3. The third-order valence-corrected chi connectivity index (χ3v) is 6.30. The molecule has 0 aromatic heterocycles. The van der Waals surface area contributed by atoms with E-state index in [0.29, 0.717) is 0 Å². The van der Waals surface area contributed by atoms with Gasteiger partial charge in [0, 0.05) is 45.8 Å². The Labute approximate surface area is 160 Å². The molecule has 2 heterocycles. The molecule has 1 N–H and O–H groups in total. The monoisotopic (exact) mass is 364 g/mol. The van der Waals surface area contributed by atoms with Crippen LogP contribution in [0.1, 0.15) is 58.3 Å². The van der Waals surface area contributed by atoms with E-state index in [9.17, 15) is 0 Å². The molecular formula is C21H40N4O. The van der Waals surface area contributed by atoms with Crippen molar-refractivity contribution in [1.82, 2.24) is 15.1 Å². The fourth-order valence-corrected chi connectivity index (χ4v) is 4.78. The largest absolute Gasteiger partial charge is 0.379 e. The van der Waals surface area contributed by atoms with Gasteiger partial charge in [-0.15, -0.1) is 0 Å². The number of nitrogens with zero attached hydrogens (tertiary/aromatic N) is 3. The smallest absolute Gasteiger partial charge is 0.193 e. The maximum absolute atomic E-state index is 5.47. The van der Waals surface area contributed by atoms with Crippen LogP contribution in [-0.4, -0.2) is 74.8 Å². The highest BCUT2D eigenvalue weighted by Gasteiger charge is 2.27. The van der Waals surface area contributed by atoms with Crippen LogP contribution in [0.2, 0.25) is 0 Å². The molecule has 1 saturated carbocycles. The average Bonchev–Trinajstić information content (AvgIpc) is 3.33. The highest BCUT2D eigenvalue weighted by atomic mass is 16.5. The van der Waals surface area contributed by atoms with Crippen LogP contribution in [0.3, 0.4) is 0 Å². The van der Waals surface area contributed by atoms with Crippen LogP contribution < -0.4 is 5.32 Å². The number of rotatable bonds is 8. The highest BCUT2D eigenvalue weighted by Crippen LogP contribution is 2.28. The van der Waals surface area contributed by atoms with Crippen LogP contribution in [-0.2, 0) is 4.74 Å². The molecule has 2 aliphatic heterocycles. The zero-order chi connectivity index (χ0) is 18.0. The standard InChI is InChI=1S/C21H40N4O/c1-2-22-21(23-11-6-5-9-19-7-3-4-8-19)25-12-10-20(18-25)17-24-13-15-26-16-14-24/h19-20H,2-18H2,1H3,(H,22,23). The van der Waals surface area contributed by atoms with Gasteiger partial charge in [0.15, 0.2) is 5.96 Å². The van der Waals surface area contributed by atoms with Gasteiger partial charge in [0.25, 0.3) is 0 Å². The Kier molecular flexibility index (Phi) is 8.53. The van der Waals surface area contributed by atoms with Crippen molar-refractivity contribution < 1.29 is 4.74 Å². The maximum atomic E-state index is 5.47. The molecule has 1 atom stereocenters. The summed E-state index contributed by atoms with van der Waals surface area (Å²) >= 11 is 0. The minimum absolute atomic E-state index is 0.777. The zero-order valence-electron chi connectivity index (χ0n) is 16.9. The summed E-state index contributed by atoms with van der Waals surface area (Å²) in [5.41, 5.74) is 0. The molecule has 150 valence electrons. The fourth-order valence-electron chi connectivity index (χ4n) is 4.78. The van der Waals surface area contributed by atoms with Crippen molar-refractivity contribution >= 4 is 5.96 Å². The summed E-state index contributed by atoms with van der Waals surface area (Å²) in [5, 5.41) is 3.52. The molecule has 1 unspecified atom stereocenters. The summed E-state index contributed by atoms with van der Waals surface area (Å²) in [5.74, 6) is 2.95. The van der Waals surface area contributed by atoms with E-state index >= 15 is 0 Å². The minimum Gasteiger partial charge on any atom is -0.379 e. The molecule has 0 radical (unpaired) electrons. The first-order valence-electron chi connectivity index (χ1n) is 11.2. The second-order valence-electron chi connectivity index (χ2n) is 8.40. The SMILES string of the molecule is CCNC(=NCCCCC1CCCC1)N1CCC(CN2CCOCC2)C1. The molecule has 5 heteroatoms. The molecule has 3 rings (SSSR count). The van der Waals surface area contributed by atoms with Gasteiger partial charge in [0.1, 0.15) is 0 Å². The number of aliphatic imine (C=N–C) groups is 1. The van der Waals surface area contributed by atoms with E-state index in [1.54, 1.807) is 0 Å². The van der Waals surface area contributed by atoms with Crippen LogP contribution in [0, 0.1) is 11.8 Å². The lowest BCUT2D eigenvalue weighted by molar-refractivity contribution is 0.0315. The van der Waals surface area contributed by atoms with Crippen molar-refractivity contribution in [3.63, 3.8) is 0 Å². The average molecular weight is 365 g/mol. The molecule has 5 nitrogen and oxygen atoms in total. The summed E-state index contributed by atoms with van der Waals surface area (Å²) in [7, 11) is 0. The molecule has 0 aromatic rings. The molecule has 0 aromatic carbocycles. The van der Waals surface area contributed by atoms with Gasteiger partial charge in [-0.25, -0.2) is 0 Å². The van der Waals surface area contributed by atoms with E-state index in [0.717, 1.165) is 70.3 Å². The summed E-state index contributed by atoms with van der Waals surface area (Å²) in [6, 6.07) is 0. The van der Waals surface area contributed by atoms with Crippen LogP contribution in [0.25, 0.3) is 0 Å². The number of nitrogens with one attached hydrogen (secondary N) is 1. The number of guanidine groups is 1. The Balaban J connectivity index is 1.37. The number of morpholine rings is 1. The van der Waals surface area contributed by atoms with Gasteiger partial charge in [0.05, 0.1) is 13.2 Å². The molecule has 1 aliphatic carbocycles. The summed E-state index contributed by atoms with van der Waals surface area (Å²) in [4.78, 5) is 10.0. The van der Waals surface area contributed by atoms with Crippen LogP contribution in [0.5, 0.6) is 0 Å². The summed E-state index contributed by atoms with van der Waals surface area (Å²) < 4.78 is 5.47. The number of hydrogen-bond donors (Lipinski definition) is 1. The van der Waals surface area contributed by atoms with E-state index in [1.165, 1.54) is 57.9 Å². The Morgan fingerprint density at radius 3 is 2.62 bits per heavy atom. The van der Waals surface area contributed by atoms with E-state index in [4.69, 9.17) is 9.73 Å². The Hall–Kier alpha value is -0.810. The lowest BCUT2D eigenvalue weighted by atomic mass is 10.0. The van der Waals surface area contributed by atoms with E-state index < -0.39 is 0 Å². The van der Waals surface area contributed by atoms with Crippen molar-refractivity contribution in [3.8, 4) is 0 Å². The molecule has 2 saturated heterocycles. The Bertz CT molecular complexity index is 416. The number of ether oxygens (including phenoxy) is 1. The predicted molar refractivity (Wildman–Crippen MR) is 109 cm³/mol. The van der Waals surface area contributed by atoms with Gasteiger partial charge in [-0.2, -0.15) is 0 Å². The Morgan fingerprint density at radius 1 is 1.04 bits per heavy atom. The lowest BCUT2D eigenvalue weighted by Crippen LogP contribution is -2.42. The number of likely N-dealkylation sites (tertiary alicyclic amines) is 1. The topological polar surface area (TPSA) is 40.1 Å². The minimum atomic E-state index is 0.777. The van der Waals surface area contributed by atoms with Gasteiger partial charge in [0.2, 0.25) is 0 Å². The second-order valence-corrected chi connectivity index (χ2v) is 8.40.